The molecule has 1 saturated heterocycles. The molecule has 18 heavy (non-hydrogen) atoms. The van der Waals surface area contributed by atoms with E-state index in [1.807, 2.05) is 6.92 Å². The van der Waals surface area contributed by atoms with Gasteiger partial charge < -0.3 is 20.9 Å². The van der Waals surface area contributed by atoms with E-state index in [4.69, 9.17) is 10.5 Å². The van der Waals surface area contributed by atoms with Crippen molar-refractivity contribution in [3.05, 3.63) is 0 Å². The fourth-order valence-electron chi connectivity index (χ4n) is 3.41. The van der Waals surface area contributed by atoms with Crippen molar-refractivity contribution < 1.29 is 9.84 Å². The Morgan fingerprint density at radius 2 is 1.83 bits per heavy atom. The van der Waals surface area contributed by atoms with Crippen LogP contribution in [0.3, 0.4) is 0 Å². The quantitative estimate of drug-likeness (QED) is 0.697. The third-order valence-corrected chi connectivity index (χ3v) is 3.98. The van der Waals surface area contributed by atoms with Crippen molar-refractivity contribution in [2.24, 2.45) is 5.73 Å². The molecule has 0 radical (unpaired) electrons. The van der Waals surface area contributed by atoms with Gasteiger partial charge in [0.2, 0.25) is 0 Å². The number of ether oxygens (including phenoxy) is 1. The van der Waals surface area contributed by atoms with Crippen LogP contribution in [-0.2, 0) is 4.74 Å². The van der Waals surface area contributed by atoms with Gasteiger partial charge in [0, 0.05) is 12.6 Å². The SMILES string of the molecule is CC(O)CC(C)NC1(CN)CC(C)(C)OC1(C)C. The first kappa shape index (κ1) is 15.9. The number of hydrogen-bond donors (Lipinski definition) is 3. The molecule has 0 aromatic carbocycles. The molecule has 1 aliphatic rings. The highest BCUT2D eigenvalue weighted by atomic mass is 16.5. The zero-order valence-corrected chi connectivity index (χ0v) is 12.7. The van der Waals surface area contributed by atoms with Crippen LogP contribution in [0.5, 0.6) is 0 Å². The minimum Gasteiger partial charge on any atom is -0.393 e. The van der Waals surface area contributed by atoms with Crippen LogP contribution in [0.4, 0.5) is 0 Å². The minimum atomic E-state index is -0.307. The molecule has 1 heterocycles. The lowest BCUT2D eigenvalue weighted by Crippen LogP contribution is -2.64. The van der Waals surface area contributed by atoms with Crippen LogP contribution in [0.1, 0.15) is 54.4 Å². The van der Waals surface area contributed by atoms with Crippen LogP contribution in [-0.4, -0.2) is 40.5 Å². The molecular formula is C14H30N2O2. The molecule has 4 nitrogen and oxygen atoms in total. The molecule has 0 saturated carbocycles. The summed E-state index contributed by atoms with van der Waals surface area (Å²) in [6.07, 6.45) is 1.30. The third-order valence-electron chi connectivity index (χ3n) is 3.98. The number of nitrogens with two attached hydrogens (primary N) is 1. The summed E-state index contributed by atoms with van der Waals surface area (Å²) >= 11 is 0. The van der Waals surface area contributed by atoms with Gasteiger partial charge in [0.15, 0.2) is 0 Å². The Labute approximate surface area is 111 Å². The van der Waals surface area contributed by atoms with Gasteiger partial charge in [0.05, 0.1) is 22.8 Å². The van der Waals surface area contributed by atoms with Crippen LogP contribution in [0.15, 0.2) is 0 Å². The van der Waals surface area contributed by atoms with E-state index in [1.165, 1.54) is 0 Å². The van der Waals surface area contributed by atoms with Crippen LogP contribution >= 0.6 is 0 Å². The van der Waals surface area contributed by atoms with Gasteiger partial charge in [0.1, 0.15) is 0 Å². The first-order valence-electron chi connectivity index (χ1n) is 6.90. The molecule has 0 aliphatic carbocycles. The Morgan fingerprint density at radius 1 is 1.28 bits per heavy atom. The second-order valence-corrected chi connectivity index (χ2v) is 6.97. The van der Waals surface area contributed by atoms with Gasteiger partial charge in [-0.25, -0.2) is 0 Å². The van der Waals surface area contributed by atoms with Gasteiger partial charge in [-0.05, 0) is 54.4 Å². The highest BCUT2D eigenvalue weighted by Gasteiger charge is 2.56. The molecule has 0 aromatic heterocycles. The van der Waals surface area contributed by atoms with E-state index in [1.54, 1.807) is 0 Å². The van der Waals surface area contributed by atoms with Crippen LogP contribution in [0.2, 0.25) is 0 Å². The molecule has 3 unspecified atom stereocenters. The largest absolute Gasteiger partial charge is 0.393 e. The summed E-state index contributed by atoms with van der Waals surface area (Å²) in [6.45, 7) is 12.8. The first-order chi connectivity index (χ1) is 8.04. The predicted molar refractivity (Wildman–Crippen MR) is 74.5 cm³/mol. The highest BCUT2D eigenvalue weighted by molar-refractivity contribution is 5.12. The molecule has 108 valence electrons. The molecule has 1 fully saturated rings. The van der Waals surface area contributed by atoms with Gasteiger partial charge in [-0.2, -0.15) is 0 Å². The van der Waals surface area contributed by atoms with Crippen LogP contribution in [0.25, 0.3) is 0 Å². The highest BCUT2D eigenvalue weighted by Crippen LogP contribution is 2.44. The summed E-state index contributed by atoms with van der Waals surface area (Å²) in [7, 11) is 0. The van der Waals surface area contributed by atoms with Gasteiger partial charge >= 0.3 is 0 Å². The van der Waals surface area contributed by atoms with E-state index >= 15 is 0 Å². The molecule has 4 N–H and O–H groups in total. The average Bonchev–Trinajstić information content (AvgIpc) is 2.29. The maximum atomic E-state index is 9.48. The normalized spacial score (nSPS) is 33.3. The van der Waals surface area contributed by atoms with Crippen molar-refractivity contribution >= 4 is 0 Å². The van der Waals surface area contributed by atoms with Crippen molar-refractivity contribution in [2.45, 2.75) is 83.3 Å². The minimum absolute atomic E-state index is 0.166. The molecular weight excluding hydrogens is 228 g/mol. The number of rotatable bonds is 5. The van der Waals surface area contributed by atoms with Crippen molar-refractivity contribution in [2.75, 3.05) is 6.54 Å². The van der Waals surface area contributed by atoms with Crippen molar-refractivity contribution in [3.63, 3.8) is 0 Å². The topological polar surface area (TPSA) is 67.5 Å². The molecule has 1 aliphatic heterocycles. The van der Waals surface area contributed by atoms with E-state index in [2.05, 4.69) is 39.9 Å². The maximum absolute atomic E-state index is 9.48. The Morgan fingerprint density at radius 3 is 2.17 bits per heavy atom. The summed E-state index contributed by atoms with van der Waals surface area (Å²) in [4.78, 5) is 0. The van der Waals surface area contributed by atoms with Crippen molar-refractivity contribution in [3.8, 4) is 0 Å². The van der Waals surface area contributed by atoms with Crippen LogP contribution < -0.4 is 11.1 Å². The fraction of sp³-hybridized carbons (Fsp3) is 1.00. The Hall–Kier alpha value is -0.160. The van der Waals surface area contributed by atoms with Crippen LogP contribution in [0, 0.1) is 0 Å². The van der Waals surface area contributed by atoms with E-state index in [9.17, 15) is 5.11 Å². The standard InChI is InChI=1S/C14H30N2O2/c1-10(7-11(2)17)16-14(9-15)8-12(3,4)18-13(14,5)6/h10-11,16-17H,7-9,15H2,1-6H3. The molecule has 4 heteroatoms. The van der Waals surface area contributed by atoms with E-state index < -0.39 is 0 Å². The van der Waals surface area contributed by atoms with E-state index in [0.717, 1.165) is 12.8 Å². The molecule has 0 bridgehead atoms. The number of nitrogens with one attached hydrogen (secondary N) is 1. The summed E-state index contributed by atoms with van der Waals surface area (Å²) in [5.74, 6) is 0. The van der Waals surface area contributed by atoms with Gasteiger partial charge in [0.25, 0.3) is 0 Å². The molecule has 0 amide bonds. The lowest BCUT2D eigenvalue weighted by atomic mass is 9.78. The summed E-state index contributed by atoms with van der Waals surface area (Å²) in [5.41, 5.74) is 5.33. The predicted octanol–water partition coefficient (Wildman–Crippen LogP) is 1.41. The Bertz CT molecular complexity index is 290. The fourth-order valence-corrected chi connectivity index (χ4v) is 3.41. The second-order valence-electron chi connectivity index (χ2n) is 6.97. The van der Waals surface area contributed by atoms with E-state index in [0.29, 0.717) is 6.54 Å². The zero-order valence-electron chi connectivity index (χ0n) is 12.7. The van der Waals surface area contributed by atoms with E-state index in [-0.39, 0.29) is 28.9 Å². The summed E-state index contributed by atoms with van der Waals surface area (Å²) in [5, 5.41) is 13.1. The zero-order chi connectivity index (χ0) is 14.2. The van der Waals surface area contributed by atoms with Crippen molar-refractivity contribution in [1.29, 1.82) is 0 Å². The molecule has 0 aromatic rings. The maximum Gasteiger partial charge on any atom is 0.0828 e. The van der Waals surface area contributed by atoms with Gasteiger partial charge in [-0.1, -0.05) is 0 Å². The van der Waals surface area contributed by atoms with Gasteiger partial charge in [-0.15, -0.1) is 0 Å². The third kappa shape index (κ3) is 3.23. The average molecular weight is 258 g/mol. The monoisotopic (exact) mass is 258 g/mol. The molecule has 1 rings (SSSR count). The molecule has 0 spiro atoms. The summed E-state index contributed by atoms with van der Waals surface area (Å²) in [6, 6.07) is 0.213. The number of hydrogen-bond acceptors (Lipinski definition) is 4. The Balaban J connectivity index is 2.86. The molecule has 3 atom stereocenters. The van der Waals surface area contributed by atoms with Crippen molar-refractivity contribution in [1.82, 2.24) is 5.32 Å². The second kappa shape index (κ2) is 5.08. The first-order valence-corrected chi connectivity index (χ1v) is 6.90. The van der Waals surface area contributed by atoms with Gasteiger partial charge in [-0.3, -0.25) is 0 Å². The smallest absolute Gasteiger partial charge is 0.0828 e. The lowest BCUT2D eigenvalue weighted by Gasteiger charge is -2.42. The lowest BCUT2D eigenvalue weighted by molar-refractivity contribution is -0.0835. The summed E-state index contributed by atoms with van der Waals surface area (Å²) < 4.78 is 6.14. The Kier molecular flexibility index (Phi) is 4.49. The number of aliphatic hydroxyl groups excluding tert-OH is 1. The number of aliphatic hydroxyl groups is 1.